The van der Waals surface area contributed by atoms with Crippen LogP contribution in [0.2, 0.25) is 0 Å². The Kier molecular flexibility index (Phi) is 6.07. The third kappa shape index (κ3) is 4.52. The van der Waals surface area contributed by atoms with Crippen LogP contribution in [0.15, 0.2) is 36.4 Å². The highest BCUT2D eigenvalue weighted by molar-refractivity contribution is 6.04. The van der Waals surface area contributed by atoms with Crippen molar-refractivity contribution in [2.75, 3.05) is 32.1 Å². The Morgan fingerprint density at radius 3 is 2.73 bits per heavy atom. The summed E-state index contributed by atoms with van der Waals surface area (Å²) in [6.45, 7) is 1.90. The topological polar surface area (TPSA) is 76.7 Å². The number of benzene rings is 2. The molecule has 1 saturated heterocycles. The molecule has 1 aliphatic rings. The normalized spacial score (nSPS) is 16.4. The summed E-state index contributed by atoms with van der Waals surface area (Å²) < 4.78 is 10.2. The summed E-state index contributed by atoms with van der Waals surface area (Å²) in [5.41, 5.74) is 0.751. The third-order valence-corrected chi connectivity index (χ3v) is 4.67. The van der Waals surface area contributed by atoms with E-state index in [-0.39, 0.29) is 12.5 Å². The van der Waals surface area contributed by atoms with E-state index in [2.05, 4.69) is 15.4 Å². The molecule has 2 aromatic carbocycles. The molecule has 1 amide bonds. The maximum absolute atomic E-state index is 12.3. The fraction of sp³-hybridized carbons (Fsp3) is 0.400. The molecule has 0 spiro atoms. The highest BCUT2D eigenvalue weighted by Crippen LogP contribution is 2.32. The van der Waals surface area contributed by atoms with E-state index in [1.54, 1.807) is 6.07 Å². The Morgan fingerprint density at radius 2 is 2.00 bits per heavy atom. The van der Waals surface area contributed by atoms with Gasteiger partial charge in [-0.1, -0.05) is 24.3 Å². The Morgan fingerprint density at radius 1 is 1.19 bits per heavy atom. The number of amides is 1. The lowest BCUT2D eigenvalue weighted by molar-refractivity contribution is -0.142. The highest BCUT2D eigenvalue weighted by atomic mass is 16.6. The molecule has 0 aromatic heterocycles. The summed E-state index contributed by atoms with van der Waals surface area (Å²) in [4.78, 5) is 23.6. The van der Waals surface area contributed by atoms with Crippen molar-refractivity contribution in [2.45, 2.75) is 19.3 Å². The third-order valence-electron chi connectivity index (χ3n) is 4.67. The van der Waals surface area contributed by atoms with Gasteiger partial charge >= 0.3 is 5.97 Å². The molecule has 1 atom stereocenters. The molecule has 1 aliphatic heterocycles. The van der Waals surface area contributed by atoms with E-state index < -0.39 is 5.97 Å². The summed E-state index contributed by atoms with van der Waals surface area (Å²) in [6, 6.07) is 11.2. The molecule has 6 heteroatoms. The number of hydrogen-bond acceptors (Lipinski definition) is 5. The van der Waals surface area contributed by atoms with Crippen LogP contribution >= 0.6 is 0 Å². The van der Waals surface area contributed by atoms with Crippen LogP contribution in [-0.2, 0) is 14.3 Å². The second kappa shape index (κ2) is 8.67. The first-order valence-corrected chi connectivity index (χ1v) is 8.89. The zero-order chi connectivity index (χ0) is 18.4. The summed E-state index contributed by atoms with van der Waals surface area (Å²) in [7, 11) is 1.32. The predicted molar refractivity (Wildman–Crippen MR) is 100 cm³/mol. The van der Waals surface area contributed by atoms with Gasteiger partial charge in [0.15, 0.2) is 6.61 Å². The number of ether oxygens (including phenoxy) is 2. The molecule has 1 fully saturated rings. The van der Waals surface area contributed by atoms with E-state index in [9.17, 15) is 9.59 Å². The number of nitrogens with one attached hydrogen (secondary N) is 2. The minimum atomic E-state index is -0.437. The average Bonchev–Trinajstić information content (AvgIpc) is 3.19. The smallest absolute Gasteiger partial charge is 0.343 e. The summed E-state index contributed by atoms with van der Waals surface area (Å²) in [5, 5.41) is 8.05. The Hall–Kier alpha value is -2.60. The van der Waals surface area contributed by atoms with Gasteiger partial charge in [0.2, 0.25) is 5.91 Å². The molecule has 0 saturated carbocycles. The number of carbonyl (C=O) groups excluding carboxylic acids is 2. The van der Waals surface area contributed by atoms with Gasteiger partial charge in [-0.3, -0.25) is 4.79 Å². The number of fused-ring (bicyclic) bond motifs is 1. The largest absolute Gasteiger partial charge is 0.481 e. The second-order valence-electron chi connectivity index (χ2n) is 6.47. The van der Waals surface area contributed by atoms with Gasteiger partial charge in [-0.2, -0.15) is 0 Å². The minimum absolute atomic E-state index is 0.0188. The van der Waals surface area contributed by atoms with Crippen molar-refractivity contribution in [3.8, 4) is 5.75 Å². The van der Waals surface area contributed by atoms with Crippen molar-refractivity contribution in [1.82, 2.24) is 5.32 Å². The van der Waals surface area contributed by atoms with E-state index >= 15 is 0 Å². The van der Waals surface area contributed by atoms with Crippen molar-refractivity contribution < 1.29 is 19.1 Å². The summed E-state index contributed by atoms with van der Waals surface area (Å²) in [6.07, 6.45) is 2.56. The number of rotatable bonds is 7. The average molecular weight is 356 g/mol. The van der Waals surface area contributed by atoms with Crippen LogP contribution in [0.1, 0.15) is 19.3 Å². The molecular weight excluding hydrogens is 332 g/mol. The maximum atomic E-state index is 12.3. The molecule has 2 N–H and O–H groups in total. The maximum Gasteiger partial charge on any atom is 0.343 e. The lowest BCUT2D eigenvalue weighted by atomic mass is 10.0. The van der Waals surface area contributed by atoms with Gasteiger partial charge in [0.25, 0.3) is 0 Å². The van der Waals surface area contributed by atoms with Crippen LogP contribution in [0.3, 0.4) is 0 Å². The lowest BCUT2D eigenvalue weighted by Gasteiger charge is -2.13. The van der Waals surface area contributed by atoms with Gasteiger partial charge in [-0.15, -0.1) is 0 Å². The predicted octanol–water partition coefficient (Wildman–Crippen LogP) is 2.72. The Labute approximate surface area is 152 Å². The Balaban J connectivity index is 1.70. The summed E-state index contributed by atoms with van der Waals surface area (Å²) >= 11 is 0. The van der Waals surface area contributed by atoms with E-state index in [0.717, 1.165) is 42.4 Å². The fourth-order valence-corrected chi connectivity index (χ4v) is 3.21. The highest BCUT2D eigenvalue weighted by Gasteiger charge is 2.16. The number of esters is 1. The molecule has 26 heavy (non-hydrogen) atoms. The van der Waals surface area contributed by atoms with E-state index in [1.807, 2.05) is 30.3 Å². The van der Waals surface area contributed by atoms with Gasteiger partial charge in [0.1, 0.15) is 5.75 Å². The first kappa shape index (κ1) is 18.2. The molecule has 1 unspecified atom stereocenters. The first-order valence-electron chi connectivity index (χ1n) is 8.89. The molecule has 138 valence electrons. The molecule has 0 aliphatic carbocycles. The van der Waals surface area contributed by atoms with Gasteiger partial charge < -0.3 is 20.1 Å². The molecule has 0 radical (unpaired) electrons. The van der Waals surface area contributed by atoms with Crippen LogP contribution in [-0.4, -0.2) is 38.7 Å². The lowest BCUT2D eigenvalue weighted by Crippen LogP contribution is -2.15. The van der Waals surface area contributed by atoms with Crippen molar-refractivity contribution >= 4 is 28.3 Å². The SMILES string of the molecule is COC(=O)COc1ccc(NC(=O)CCC2CCNC2)c2ccccc12. The fourth-order valence-electron chi connectivity index (χ4n) is 3.21. The van der Waals surface area contributed by atoms with Crippen LogP contribution < -0.4 is 15.4 Å². The molecule has 0 bridgehead atoms. The minimum Gasteiger partial charge on any atom is -0.481 e. The molecule has 2 aromatic rings. The van der Waals surface area contributed by atoms with Crippen LogP contribution in [0, 0.1) is 5.92 Å². The van der Waals surface area contributed by atoms with E-state index in [0.29, 0.717) is 18.1 Å². The van der Waals surface area contributed by atoms with Gasteiger partial charge in [0, 0.05) is 22.9 Å². The standard InChI is InChI=1S/C20H24N2O4/c1-25-20(24)13-26-18-8-7-17(15-4-2-3-5-16(15)18)22-19(23)9-6-14-10-11-21-12-14/h2-5,7-8,14,21H,6,9-13H2,1H3,(H,22,23). The van der Waals surface area contributed by atoms with E-state index in [1.165, 1.54) is 7.11 Å². The molecule has 3 rings (SSSR count). The number of carbonyl (C=O) groups is 2. The quantitative estimate of drug-likeness (QED) is 0.746. The van der Waals surface area contributed by atoms with Crippen molar-refractivity contribution in [1.29, 1.82) is 0 Å². The van der Waals surface area contributed by atoms with Crippen molar-refractivity contribution in [3.05, 3.63) is 36.4 Å². The van der Waals surface area contributed by atoms with Gasteiger partial charge in [0.05, 0.1) is 7.11 Å². The summed E-state index contributed by atoms with van der Waals surface area (Å²) in [5.74, 6) is 0.755. The van der Waals surface area contributed by atoms with Crippen molar-refractivity contribution in [3.63, 3.8) is 0 Å². The Bertz CT molecular complexity index is 784. The van der Waals surface area contributed by atoms with Crippen LogP contribution in [0.4, 0.5) is 5.69 Å². The monoisotopic (exact) mass is 356 g/mol. The van der Waals surface area contributed by atoms with Crippen molar-refractivity contribution in [2.24, 2.45) is 5.92 Å². The second-order valence-corrected chi connectivity index (χ2v) is 6.47. The molecule has 6 nitrogen and oxygen atoms in total. The zero-order valence-electron chi connectivity index (χ0n) is 14.9. The van der Waals surface area contributed by atoms with Gasteiger partial charge in [-0.25, -0.2) is 4.79 Å². The van der Waals surface area contributed by atoms with Crippen LogP contribution in [0.5, 0.6) is 5.75 Å². The van der Waals surface area contributed by atoms with Gasteiger partial charge in [-0.05, 0) is 44.0 Å². The first-order chi connectivity index (χ1) is 12.7. The zero-order valence-corrected chi connectivity index (χ0v) is 14.9. The number of hydrogen-bond donors (Lipinski definition) is 2. The van der Waals surface area contributed by atoms with E-state index in [4.69, 9.17) is 4.74 Å². The van der Waals surface area contributed by atoms with Crippen LogP contribution in [0.25, 0.3) is 10.8 Å². The molecular formula is C20H24N2O4. The number of anilines is 1. The number of methoxy groups -OCH3 is 1. The molecule has 1 heterocycles.